The minimum atomic E-state index is -1.22. The van der Waals surface area contributed by atoms with Gasteiger partial charge in [0.15, 0.2) is 22.7 Å². The van der Waals surface area contributed by atoms with E-state index in [9.17, 15) is 14.4 Å². The van der Waals surface area contributed by atoms with Crippen molar-refractivity contribution in [2.45, 2.75) is 20.0 Å². The van der Waals surface area contributed by atoms with Crippen molar-refractivity contribution >= 4 is 63.8 Å². The Hall–Kier alpha value is -2.35. The first kappa shape index (κ1) is 21.0. The normalized spacial score (nSPS) is 11.6. The zero-order valence-electron chi connectivity index (χ0n) is 14.2. The third kappa shape index (κ3) is 4.68. The van der Waals surface area contributed by atoms with E-state index in [-0.39, 0.29) is 32.4 Å². The first-order valence-electron chi connectivity index (χ1n) is 7.55. The molecule has 1 heterocycles. The number of nitrogens with two attached hydrogens (primary N) is 1. The van der Waals surface area contributed by atoms with Gasteiger partial charge in [-0.3, -0.25) is 9.59 Å². The average Bonchev–Trinajstić information content (AvgIpc) is 2.62. The highest BCUT2D eigenvalue weighted by molar-refractivity contribution is 6.46. The second kappa shape index (κ2) is 8.56. The minimum Gasteiger partial charge on any atom is -0.448 e. The van der Waals surface area contributed by atoms with Crippen LogP contribution in [0.25, 0.3) is 0 Å². The van der Waals surface area contributed by atoms with Gasteiger partial charge in [0.1, 0.15) is 5.02 Å². The standard InChI is InChI=1S/C17H14Cl3N3O4/c1-7(24)9-5-3-4-6-10(9)22-16(25)8(2)27-17(26)14-11(18)13(21)12(19)15(20)23-14/h3-6,8H,1-2H3,(H2,21,23)(H,22,25)/t8-/m1/s1. The minimum absolute atomic E-state index is 0.0927. The number of Topliss-reactive ketones (excluding diaryl/α,β-unsaturated/α-hetero) is 1. The molecule has 0 radical (unpaired) electrons. The lowest BCUT2D eigenvalue weighted by molar-refractivity contribution is -0.123. The summed E-state index contributed by atoms with van der Waals surface area (Å²) < 4.78 is 5.06. The van der Waals surface area contributed by atoms with Crippen LogP contribution in [0.1, 0.15) is 34.7 Å². The molecule has 7 nitrogen and oxygen atoms in total. The van der Waals surface area contributed by atoms with E-state index in [0.29, 0.717) is 11.3 Å². The highest BCUT2D eigenvalue weighted by atomic mass is 35.5. The van der Waals surface area contributed by atoms with Crippen molar-refractivity contribution in [3.63, 3.8) is 0 Å². The summed E-state index contributed by atoms with van der Waals surface area (Å²) >= 11 is 17.5. The molecule has 0 fully saturated rings. The van der Waals surface area contributed by atoms with Gasteiger partial charge in [0.05, 0.1) is 16.4 Å². The van der Waals surface area contributed by atoms with Crippen molar-refractivity contribution < 1.29 is 19.1 Å². The summed E-state index contributed by atoms with van der Waals surface area (Å²) in [5.74, 6) is -1.88. The third-order valence-electron chi connectivity index (χ3n) is 3.48. The van der Waals surface area contributed by atoms with Gasteiger partial charge in [-0.2, -0.15) is 0 Å². The molecular formula is C17H14Cl3N3O4. The molecule has 0 aliphatic carbocycles. The molecule has 0 aliphatic rings. The average molecular weight is 431 g/mol. The summed E-state index contributed by atoms with van der Waals surface area (Å²) in [5, 5.41) is 1.98. The Morgan fingerprint density at radius 2 is 1.78 bits per heavy atom. The molecule has 0 saturated carbocycles. The number of hydrogen-bond acceptors (Lipinski definition) is 6. The fraction of sp³-hybridized carbons (Fsp3) is 0.176. The van der Waals surface area contributed by atoms with Crippen LogP contribution in [0, 0.1) is 0 Å². The molecule has 1 aromatic heterocycles. The van der Waals surface area contributed by atoms with E-state index in [1.54, 1.807) is 24.3 Å². The predicted molar refractivity (Wildman–Crippen MR) is 104 cm³/mol. The van der Waals surface area contributed by atoms with E-state index in [0.717, 1.165) is 0 Å². The molecule has 1 amide bonds. The zero-order chi connectivity index (χ0) is 20.3. The number of aromatic nitrogens is 1. The number of carbonyl (C=O) groups is 3. The van der Waals surface area contributed by atoms with Crippen molar-refractivity contribution in [2.24, 2.45) is 0 Å². The lowest BCUT2D eigenvalue weighted by Crippen LogP contribution is -2.31. The second-order valence-corrected chi connectivity index (χ2v) is 6.55. The number of esters is 1. The van der Waals surface area contributed by atoms with Crippen LogP contribution in [0.3, 0.4) is 0 Å². The number of amides is 1. The van der Waals surface area contributed by atoms with E-state index in [2.05, 4.69) is 10.3 Å². The van der Waals surface area contributed by atoms with Gasteiger partial charge in [-0.15, -0.1) is 0 Å². The number of benzene rings is 1. The largest absolute Gasteiger partial charge is 0.448 e. The number of anilines is 2. The van der Waals surface area contributed by atoms with E-state index in [1.807, 2.05) is 0 Å². The van der Waals surface area contributed by atoms with E-state index in [1.165, 1.54) is 13.8 Å². The van der Waals surface area contributed by atoms with Crippen LogP contribution in [-0.4, -0.2) is 28.7 Å². The molecule has 0 unspecified atom stereocenters. The Bertz CT molecular complexity index is 934. The maximum atomic E-state index is 12.3. The Kier molecular flexibility index (Phi) is 6.64. The molecule has 0 saturated heterocycles. The molecule has 142 valence electrons. The van der Waals surface area contributed by atoms with E-state index >= 15 is 0 Å². The molecule has 0 bridgehead atoms. The zero-order valence-corrected chi connectivity index (χ0v) is 16.4. The number of para-hydroxylation sites is 1. The van der Waals surface area contributed by atoms with Crippen molar-refractivity contribution in [1.82, 2.24) is 4.98 Å². The quantitative estimate of drug-likeness (QED) is 0.421. The Morgan fingerprint density at radius 3 is 2.41 bits per heavy atom. The number of hydrogen-bond donors (Lipinski definition) is 2. The summed E-state index contributed by atoms with van der Waals surface area (Å²) in [4.78, 5) is 39.9. The van der Waals surface area contributed by atoms with Crippen LogP contribution in [-0.2, 0) is 9.53 Å². The van der Waals surface area contributed by atoms with Crippen molar-refractivity contribution in [3.8, 4) is 0 Å². The molecule has 0 spiro atoms. The van der Waals surface area contributed by atoms with Crippen LogP contribution in [0.15, 0.2) is 24.3 Å². The molecule has 27 heavy (non-hydrogen) atoms. The van der Waals surface area contributed by atoms with Gasteiger partial charge in [0.25, 0.3) is 5.91 Å². The number of pyridine rings is 1. The molecule has 2 aromatic rings. The van der Waals surface area contributed by atoms with Crippen molar-refractivity contribution in [1.29, 1.82) is 0 Å². The summed E-state index contributed by atoms with van der Waals surface area (Å²) in [5.41, 5.74) is 5.78. The number of rotatable bonds is 5. The van der Waals surface area contributed by atoms with Gasteiger partial charge < -0.3 is 15.8 Å². The van der Waals surface area contributed by atoms with Gasteiger partial charge in [-0.1, -0.05) is 46.9 Å². The third-order valence-corrected chi connectivity index (χ3v) is 4.62. The van der Waals surface area contributed by atoms with Gasteiger partial charge in [-0.25, -0.2) is 9.78 Å². The van der Waals surface area contributed by atoms with Crippen LogP contribution < -0.4 is 11.1 Å². The summed E-state index contributed by atoms with van der Waals surface area (Å²) in [6, 6.07) is 6.44. The summed E-state index contributed by atoms with van der Waals surface area (Å²) in [6.45, 7) is 2.72. The maximum Gasteiger partial charge on any atom is 0.359 e. The fourth-order valence-electron chi connectivity index (χ4n) is 2.07. The van der Waals surface area contributed by atoms with Crippen LogP contribution in [0.5, 0.6) is 0 Å². The van der Waals surface area contributed by atoms with Crippen LogP contribution in [0.2, 0.25) is 15.2 Å². The van der Waals surface area contributed by atoms with Gasteiger partial charge in [0, 0.05) is 5.56 Å². The fourth-order valence-corrected chi connectivity index (χ4v) is 2.66. The summed E-state index contributed by atoms with van der Waals surface area (Å²) in [7, 11) is 0. The SMILES string of the molecule is CC(=O)c1ccccc1NC(=O)[C@@H](C)OC(=O)c1nc(Cl)c(Cl)c(N)c1Cl. The second-order valence-electron chi connectivity index (χ2n) is 5.43. The number of nitrogens with one attached hydrogen (secondary N) is 1. The van der Waals surface area contributed by atoms with E-state index in [4.69, 9.17) is 45.3 Å². The van der Waals surface area contributed by atoms with Crippen LogP contribution >= 0.6 is 34.8 Å². The number of ether oxygens (including phenoxy) is 1. The number of nitrogen functional groups attached to an aromatic ring is 1. The Labute approximate surface area is 169 Å². The lowest BCUT2D eigenvalue weighted by Gasteiger charge is -2.15. The molecule has 1 aromatic carbocycles. The molecular weight excluding hydrogens is 417 g/mol. The lowest BCUT2D eigenvalue weighted by atomic mass is 10.1. The molecule has 2 rings (SSSR count). The molecule has 0 aliphatic heterocycles. The Morgan fingerprint density at radius 1 is 1.15 bits per heavy atom. The first-order chi connectivity index (χ1) is 12.6. The molecule has 1 atom stereocenters. The smallest absolute Gasteiger partial charge is 0.359 e. The van der Waals surface area contributed by atoms with Gasteiger partial charge in [-0.05, 0) is 26.0 Å². The molecule has 10 heteroatoms. The number of halogens is 3. The van der Waals surface area contributed by atoms with Crippen molar-refractivity contribution in [2.75, 3.05) is 11.1 Å². The number of nitrogens with zero attached hydrogens (tertiary/aromatic N) is 1. The highest BCUT2D eigenvalue weighted by Crippen LogP contribution is 2.34. The topological polar surface area (TPSA) is 111 Å². The predicted octanol–water partition coefficient (Wildman–Crippen LogP) is 4.01. The van der Waals surface area contributed by atoms with Crippen molar-refractivity contribution in [3.05, 3.63) is 50.7 Å². The van der Waals surface area contributed by atoms with Gasteiger partial charge >= 0.3 is 5.97 Å². The number of ketones is 1. The van der Waals surface area contributed by atoms with E-state index < -0.39 is 18.0 Å². The molecule has 3 N–H and O–H groups in total. The first-order valence-corrected chi connectivity index (χ1v) is 8.68. The van der Waals surface area contributed by atoms with Gasteiger partial charge in [0.2, 0.25) is 0 Å². The number of carbonyl (C=O) groups excluding carboxylic acids is 3. The Balaban J connectivity index is 2.16. The van der Waals surface area contributed by atoms with Crippen LogP contribution in [0.4, 0.5) is 11.4 Å². The monoisotopic (exact) mass is 429 g/mol. The summed E-state index contributed by atoms with van der Waals surface area (Å²) in [6.07, 6.45) is -1.22. The highest BCUT2D eigenvalue weighted by Gasteiger charge is 2.25. The maximum absolute atomic E-state index is 12.3.